The summed E-state index contributed by atoms with van der Waals surface area (Å²) < 4.78 is 63.4. The van der Waals surface area contributed by atoms with Crippen LogP contribution in [0.1, 0.15) is 17.5 Å². The number of hydrogen-bond donors (Lipinski definition) is 1. The minimum Gasteiger partial charge on any atom is -0.453 e. The molecule has 0 saturated carbocycles. The molecule has 10 heteroatoms. The second kappa shape index (κ2) is 7.36. The Morgan fingerprint density at radius 2 is 1.94 bits per heavy atom. The molecule has 6 rings (SSSR count). The number of thioether (sulfide) groups is 1. The van der Waals surface area contributed by atoms with E-state index in [0.717, 1.165) is 0 Å². The van der Waals surface area contributed by atoms with Crippen LogP contribution in [0.5, 0.6) is 11.5 Å². The predicted molar refractivity (Wildman–Crippen MR) is 123 cm³/mol. The molecular weight excluding hydrogens is 468 g/mol. The monoisotopic (exact) mass is 486 g/mol. The number of hydrogen-bond acceptors (Lipinski definition) is 6. The van der Waals surface area contributed by atoms with E-state index in [2.05, 4.69) is 4.98 Å². The van der Waals surface area contributed by atoms with E-state index in [4.69, 9.17) is 15.5 Å². The first-order valence-electron chi connectivity index (χ1n) is 10.6. The first kappa shape index (κ1) is 21.3. The fourth-order valence-electron chi connectivity index (χ4n) is 4.80. The molecule has 1 aromatic heterocycles. The van der Waals surface area contributed by atoms with E-state index >= 15 is 4.39 Å². The molecule has 2 N–H and O–H groups in total. The van der Waals surface area contributed by atoms with Crippen LogP contribution in [0.3, 0.4) is 0 Å². The van der Waals surface area contributed by atoms with Gasteiger partial charge in [-0.1, -0.05) is 17.8 Å². The van der Waals surface area contributed by atoms with E-state index < -0.39 is 29.8 Å². The van der Waals surface area contributed by atoms with E-state index in [9.17, 15) is 13.2 Å². The highest BCUT2D eigenvalue weighted by Crippen LogP contribution is 2.55. The van der Waals surface area contributed by atoms with Gasteiger partial charge in [0.25, 0.3) is 5.92 Å². The maximum Gasteiger partial charge on any atom is 0.266 e. The van der Waals surface area contributed by atoms with Crippen LogP contribution in [0.25, 0.3) is 11.1 Å². The summed E-state index contributed by atoms with van der Waals surface area (Å²) in [5.74, 6) is -3.40. The highest BCUT2D eigenvalue weighted by Gasteiger charge is 2.48. The van der Waals surface area contributed by atoms with Gasteiger partial charge in [-0.3, -0.25) is 0 Å². The third-order valence-corrected chi connectivity index (χ3v) is 7.40. The van der Waals surface area contributed by atoms with E-state index in [0.29, 0.717) is 44.6 Å². The molecule has 0 bridgehead atoms. The molecule has 1 atom stereocenters. The number of anilines is 1. The number of amidine groups is 1. The van der Waals surface area contributed by atoms with Gasteiger partial charge in [0.15, 0.2) is 16.7 Å². The van der Waals surface area contributed by atoms with E-state index in [-0.39, 0.29) is 18.7 Å². The third kappa shape index (κ3) is 3.23. The number of nitrogens with zero attached hydrogens (tertiary/aromatic N) is 3. The lowest BCUT2D eigenvalue weighted by Crippen LogP contribution is -2.32. The molecule has 1 spiro atoms. The SMILES string of the molecule is NC1=N[C@@]2(CS1)c1cc(-c3cccnc3F)ccc1Oc1c(F)cc(N3CCC(F)(F)C3)cc12. The molecule has 1 saturated heterocycles. The van der Waals surface area contributed by atoms with Crippen molar-refractivity contribution in [3.63, 3.8) is 0 Å². The Kier molecular flexibility index (Phi) is 4.61. The Bertz CT molecular complexity index is 1360. The Morgan fingerprint density at radius 3 is 2.65 bits per heavy atom. The molecule has 0 aliphatic carbocycles. The normalized spacial score (nSPS) is 22.4. The van der Waals surface area contributed by atoms with Crippen molar-refractivity contribution in [3.05, 3.63) is 71.6 Å². The maximum atomic E-state index is 15.3. The topological polar surface area (TPSA) is 63.7 Å². The van der Waals surface area contributed by atoms with Crippen molar-refractivity contribution in [2.75, 3.05) is 23.7 Å². The maximum absolute atomic E-state index is 15.3. The van der Waals surface area contributed by atoms with Crippen LogP contribution in [-0.2, 0) is 5.54 Å². The highest BCUT2D eigenvalue weighted by molar-refractivity contribution is 8.14. The Hall–Kier alpha value is -3.27. The minimum atomic E-state index is -2.83. The van der Waals surface area contributed by atoms with Gasteiger partial charge in [-0.05, 0) is 35.9 Å². The molecule has 3 aliphatic heterocycles. The molecule has 3 aliphatic rings. The van der Waals surface area contributed by atoms with Crippen molar-refractivity contribution in [1.29, 1.82) is 0 Å². The molecule has 174 valence electrons. The standard InChI is InChI=1S/C24H18F4N4OS/c25-18-10-14(32-7-5-23(27,28)11-32)9-17-20(18)33-19-4-3-13(15-2-1-6-30-21(15)26)8-16(19)24(17)12-34-22(29)31-24/h1-4,6,8-10H,5,7,11-12H2,(H2,29,31)/t24-/m0/s1. The molecule has 4 heterocycles. The van der Waals surface area contributed by atoms with Crippen LogP contribution in [0.4, 0.5) is 23.2 Å². The summed E-state index contributed by atoms with van der Waals surface area (Å²) in [7, 11) is 0. The van der Waals surface area contributed by atoms with Crippen molar-refractivity contribution in [2.45, 2.75) is 17.9 Å². The van der Waals surface area contributed by atoms with Crippen LogP contribution >= 0.6 is 11.8 Å². The zero-order valence-electron chi connectivity index (χ0n) is 17.7. The van der Waals surface area contributed by atoms with Crippen LogP contribution in [-0.4, -0.2) is 34.9 Å². The van der Waals surface area contributed by atoms with Gasteiger partial charge in [0, 0.05) is 53.4 Å². The largest absolute Gasteiger partial charge is 0.453 e. The smallest absolute Gasteiger partial charge is 0.266 e. The summed E-state index contributed by atoms with van der Waals surface area (Å²) in [5, 5.41) is 0.315. The van der Waals surface area contributed by atoms with Gasteiger partial charge in [0.2, 0.25) is 5.95 Å². The van der Waals surface area contributed by atoms with Crippen LogP contribution < -0.4 is 15.4 Å². The van der Waals surface area contributed by atoms with Crippen LogP contribution in [0, 0.1) is 11.8 Å². The minimum absolute atomic E-state index is 0.0124. The number of alkyl halides is 2. The van der Waals surface area contributed by atoms with Crippen LogP contribution in [0.2, 0.25) is 0 Å². The van der Waals surface area contributed by atoms with Gasteiger partial charge in [0.05, 0.1) is 6.54 Å². The Balaban J connectivity index is 1.53. The lowest BCUT2D eigenvalue weighted by atomic mass is 9.80. The number of fused-ring (bicyclic) bond motifs is 4. The summed E-state index contributed by atoms with van der Waals surface area (Å²) in [6.45, 7) is -0.374. The van der Waals surface area contributed by atoms with Crippen molar-refractivity contribution in [2.24, 2.45) is 10.7 Å². The quantitative estimate of drug-likeness (QED) is 0.394. The summed E-state index contributed by atoms with van der Waals surface area (Å²) in [6.07, 6.45) is 1.07. The number of ether oxygens (including phenoxy) is 1. The van der Waals surface area contributed by atoms with Gasteiger partial charge in [-0.2, -0.15) is 4.39 Å². The van der Waals surface area contributed by atoms with Crippen molar-refractivity contribution < 1.29 is 22.3 Å². The number of benzene rings is 2. The summed E-state index contributed by atoms with van der Waals surface area (Å²) in [4.78, 5) is 9.87. The Labute approximate surface area is 196 Å². The first-order valence-corrected chi connectivity index (χ1v) is 11.6. The number of aromatic nitrogens is 1. The second-order valence-corrected chi connectivity index (χ2v) is 9.58. The lowest BCUT2D eigenvalue weighted by molar-refractivity contribution is 0.0257. The molecule has 1 fully saturated rings. The lowest BCUT2D eigenvalue weighted by Gasteiger charge is -2.35. The fourth-order valence-corrected chi connectivity index (χ4v) is 5.75. The van der Waals surface area contributed by atoms with E-state index in [1.54, 1.807) is 36.4 Å². The molecule has 2 aromatic carbocycles. The first-order chi connectivity index (χ1) is 16.3. The molecule has 0 unspecified atom stereocenters. The zero-order valence-corrected chi connectivity index (χ0v) is 18.5. The molecule has 3 aromatic rings. The van der Waals surface area contributed by atoms with E-state index in [1.807, 2.05) is 0 Å². The van der Waals surface area contributed by atoms with Gasteiger partial charge < -0.3 is 15.4 Å². The van der Waals surface area contributed by atoms with Gasteiger partial charge in [-0.25, -0.2) is 23.1 Å². The average molecular weight is 486 g/mol. The number of pyridine rings is 1. The predicted octanol–water partition coefficient (Wildman–Crippen LogP) is 5.28. The van der Waals surface area contributed by atoms with Gasteiger partial charge >= 0.3 is 0 Å². The molecule has 34 heavy (non-hydrogen) atoms. The number of halogens is 4. The second-order valence-electron chi connectivity index (χ2n) is 8.59. The number of nitrogens with two attached hydrogens (primary N) is 1. The molecule has 0 radical (unpaired) electrons. The van der Waals surface area contributed by atoms with Gasteiger partial charge in [0.1, 0.15) is 11.3 Å². The third-order valence-electron chi connectivity index (χ3n) is 6.45. The number of rotatable bonds is 2. The van der Waals surface area contributed by atoms with Gasteiger partial charge in [-0.15, -0.1) is 0 Å². The van der Waals surface area contributed by atoms with Crippen molar-refractivity contribution in [1.82, 2.24) is 4.98 Å². The van der Waals surface area contributed by atoms with E-state index in [1.165, 1.54) is 28.9 Å². The Morgan fingerprint density at radius 1 is 1.09 bits per heavy atom. The van der Waals surface area contributed by atoms with Crippen LogP contribution in [0.15, 0.2) is 53.7 Å². The van der Waals surface area contributed by atoms with Crippen molar-refractivity contribution >= 4 is 22.6 Å². The molecule has 0 amide bonds. The average Bonchev–Trinajstić information content (AvgIpc) is 3.37. The molecule has 5 nitrogen and oxygen atoms in total. The summed E-state index contributed by atoms with van der Waals surface area (Å²) in [6, 6.07) is 11.2. The number of aliphatic imine (C=N–C) groups is 1. The summed E-state index contributed by atoms with van der Waals surface area (Å²) >= 11 is 1.31. The highest BCUT2D eigenvalue weighted by atomic mass is 32.2. The van der Waals surface area contributed by atoms with Crippen molar-refractivity contribution in [3.8, 4) is 22.6 Å². The summed E-state index contributed by atoms with van der Waals surface area (Å²) in [5.41, 5.74) is 7.14. The zero-order chi connectivity index (χ0) is 23.7. The molecular formula is C24H18F4N4OS. The fraction of sp³-hybridized carbons (Fsp3) is 0.250.